The molecule has 5 rings (SSSR count). The Kier molecular flexibility index (Phi) is 6.59. The number of aromatic nitrogens is 4. The number of hydrogen-bond donors (Lipinski definition) is 3. The molecule has 174 valence electrons. The Morgan fingerprint density at radius 3 is 2.71 bits per heavy atom. The first-order valence-electron chi connectivity index (χ1n) is 10.9. The fourth-order valence-electron chi connectivity index (χ4n) is 4.12. The van der Waals surface area contributed by atoms with Gasteiger partial charge in [0.1, 0.15) is 11.6 Å². The highest BCUT2D eigenvalue weighted by molar-refractivity contribution is 9.10. The number of benzene rings is 2. The van der Waals surface area contributed by atoms with Crippen LogP contribution in [0.2, 0.25) is 0 Å². The van der Waals surface area contributed by atoms with Crippen molar-refractivity contribution < 1.29 is 4.74 Å². The third kappa shape index (κ3) is 4.56. The molecule has 0 spiro atoms. The number of halogens is 1. The summed E-state index contributed by atoms with van der Waals surface area (Å²) in [4.78, 5) is 18.3. The molecule has 1 aliphatic heterocycles. The first kappa shape index (κ1) is 22.9. The van der Waals surface area contributed by atoms with Gasteiger partial charge in [0.25, 0.3) is 0 Å². The summed E-state index contributed by atoms with van der Waals surface area (Å²) in [5, 5.41) is 11.4. The molecule has 0 fully saturated rings. The molecule has 10 heteroatoms. The van der Waals surface area contributed by atoms with Crippen molar-refractivity contribution in [2.24, 2.45) is 0 Å². The zero-order valence-electron chi connectivity index (χ0n) is 19.2. The number of rotatable bonds is 6. The molecule has 0 amide bonds. The Bertz CT molecular complexity index is 1360. The van der Waals surface area contributed by atoms with Crippen LogP contribution in [0.3, 0.4) is 0 Å². The number of fused-ring (bicyclic) bond motifs is 2. The maximum absolute atomic E-state index is 5.64. The van der Waals surface area contributed by atoms with Crippen LogP contribution in [0.1, 0.15) is 11.1 Å². The summed E-state index contributed by atoms with van der Waals surface area (Å²) >= 11 is 3.59. The predicted molar refractivity (Wildman–Crippen MR) is 143 cm³/mol. The first-order valence-corrected chi connectivity index (χ1v) is 13.9. The van der Waals surface area contributed by atoms with Crippen molar-refractivity contribution in [3.05, 3.63) is 58.5 Å². The van der Waals surface area contributed by atoms with E-state index in [1.54, 1.807) is 25.7 Å². The second-order valence-corrected chi connectivity index (χ2v) is 11.3. The number of anilines is 4. The van der Waals surface area contributed by atoms with Crippen LogP contribution in [-0.4, -0.2) is 46.9 Å². The normalized spacial score (nSPS) is 13.1. The molecule has 0 saturated heterocycles. The average Bonchev–Trinajstić information content (AvgIpc) is 2.85. The Morgan fingerprint density at radius 2 is 1.88 bits per heavy atom. The molecular formula is C24H25BrN7OP. The quantitative estimate of drug-likeness (QED) is 0.305. The fraction of sp³-hybridized carbons (Fsp3) is 0.250. The number of ether oxygens (including phenoxy) is 1. The Morgan fingerprint density at radius 1 is 1.03 bits per heavy atom. The maximum atomic E-state index is 5.64. The lowest BCUT2D eigenvalue weighted by atomic mass is 10.00. The van der Waals surface area contributed by atoms with Gasteiger partial charge in [0.15, 0.2) is 0 Å². The van der Waals surface area contributed by atoms with Crippen LogP contribution >= 0.6 is 23.9 Å². The van der Waals surface area contributed by atoms with E-state index in [9.17, 15) is 0 Å². The number of methoxy groups -OCH3 is 1. The first-order chi connectivity index (χ1) is 16.5. The molecule has 2 aromatic heterocycles. The van der Waals surface area contributed by atoms with Gasteiger partial charge in [-0.25, -0.2) is 4.98 Å². The van der Waals surface area contributed by atoms with Crippen molar-refractivity contribution in [1.29, 1.82) is 0 Å². The summed E-state index contributed by atoms with van der Waals surface area (Å²) in [6.07, 6.45) is 6.19. The molecule has 0 saturated carbocycles. The van der Waals surface area contributed by atoms with Crippen molar-refractivity contribution >= 4 is 63.3 Å². The molecule has 1 aliphatic rings. The molecule has 3 heterocycles. The van der Waals surface area contributed by atoms with Crippen LogP contribution in [0.4, 0.5) is 23.1 Å². The third-order valence-electron chi connectivity index (χ3n) is 5.71. The summed E-state index contributed by atoms with van der Waals surface area (Å²) in [7, 11) is 1.24. The van der Waals surface area contributed by atoms with Gasteiger partial charge < -0.3 is 20.7 Å². The van der Waals surface area contributed by atoms with E-state index in [2.05, 4.69) is 72.3 Å². The van der Waals surface area contributed by atoms with Gasteiger partial charge >= 0.3 is 0 Å². The molecule has 2 aromatic carbocycles. The Labute approximate surface area is 207 Å². The van der Waals surface area contributed by atoms with E-state index in [4.69, 9.17) is 9.72 Å². The van der Waals surface area contributed by atoms with E-state index in [0.717, 1.165) is 57.4 Å². The monoisotopic (exact) mass is 537 g/mol. The summed E-state index contributed by atoms with van der Waals surface area (Å²) in [5.41, 5.74) is 6.17. The van der Waals surface area contributed by atoms with Crippen molar-refractivity contribution in [1.82, 2.24) is 25.3 Å². The second kappa shape index (κ2) is 9.78. The Balaban J connectivity index is 1.49. The minimum absolute atomic E-state index is 0.443. The molecule has 0 radical (unpaired) electrons. The smallest absolute Gasteiger partial charge is 0.229 e. The van der Waals surface area contributed by atoms with E-state index < -0.39 is 7.92 Å². The largest absolute Gasteiger partial charge is 0.495 e. The molecule has 3 N–H and O–H groups in total. The van der Waals surface area contributed by atoms with Gasteiger partial charge in [-0.15, -0.1) is 0 Å². The van der Waals surface area contributed by atoms with Crippen molar-refractivity contribution in [3.8, 4) is 5.75 Å². The van der Waals surface area contributed by atoms with E-state index in [1.165, 1.54) is 11.1 Å². The summed E-state index contributed by atoms with van der Waals surface area (Å²) < 4.78 is 6.41. The van der Waals surface area contributed by atoms with Crippen LogP contribution in [-0.2, 0) is 13.0 Å². The molecular weight excluding hydrogens is 513 g/mol. The minimum atomic E-state index is -0.443. The van der Waals surface area contributed by atoms with Gasteiger partial charge in [0, 0.05) is 36.1 Å². The maximum Gasteiger partial charge on any atom is 0.229 e. The molecule has 4 aromatic rings. The SMILES string of the molecule is COc1cc2c(cc1Nc1ncc(Br)c(Nc3ccc4nccnc4c3P(C)C)n1)CNCC2. The lowest BCUT2D eigenvalue weighted by Gasteiger charge is -2.21. The minimum Gasteiger partial charge on any atom is -0.495 e. The van der Waals surface area contributed by atoms with Crippen LogP contribution in [0.15, 0.2) is 47.3 Å². The second-order valence-electron chi connectivity index (χ2n) is 8.17. The lowest BCUT2D eigenvalue weighted by molar-refractivity contribution is 0.415. The van der Waals surface area contributed by atoms with Crippen molar-refractivity contribution in [2.45, 2.75) is 13.0 Å². The van der Waals surface area contributed by atoms with Crippen LogP contribution in [0, 0.1) is 0 Å². The van der Waals surface area contributed by atoms with E-state index in [0.29, 0.717) is 11.8 Å². The molecule has 34 heavy (non-hydrogen) atoms. The number of nitrogens with one attached hydrogen (secondary N) is 3. The van der Waals surface area contributed by atoms with Crippen LogP contribution in [0.5, 0.6) is 5.75 Å². The zero-order valence-corrected chi connectivity index (χ0v) is 21.7. The number of nitrogens with zero attached hydrogens (tertiary/aromatic N) is 4. The van der Waals surface area contributed by atoms with Crippen molar-refractivity contribution in [2.75, 3.05) is 37.6 Å². The lowest BCUT2D eigenvalue weighted by Crippen LogP contribution is -2.23. The van der Waals surface area contributed by atoms with E-state index in [-0.39, 0.29) is 0 Å². The third-order valence-corrected chi connectivity index (χ3v) is 7.64. The van der Waals surface area contributed by atoms with Gasteiger partial charge in [-0.1, -0.05) is 7.92 Å². The molecule has 8 nitrogen and oxygen atoms in total. The number of hydrogen-bond acceptors (Lipinski definition) is 8. The highest BCUT2D eigenvalue weighted by Crippen LogP contribution is 2.35. The molecule has 0 atom stereocenters. The Hall–Kier alpha value is -2.87. The van der Waals surface area contributed by atoms with Crippen LogP contribution in [0.25, 0.3) is 11.0 Å². The molecule has 0 aliphatic carbocycles. The molecule has 0 unspecified atom stereocenters. The topological polar surface area (TPSA) is 96.9 Å². The van der Waals surface area contributed by atoms with E-state index in [1.807, 2.05) is 12.1 Å². The van der Waals surface area contributed by atoms with Gasteiger partial charge in [0.2, 0.25) is 5.95 Å². The van der Waals surface area contributed by atoms with E-state index >= 15 is 0 Å². The molecule has 0 bridgehead atoms. The summed E-state index contributed by atoms with van der Waals surface area (Å²) in [5.74, 6) is 1.92. The average molecular weight is 538 g/mol. The standard InChI is InChI=1S/C24H25BrN7OP/c1-33-20-11-14-6-7-26-12-15(14)10-19(20)31-24-29-13-16(25)23(32-24)30-18-5-4-17-21(22(18)34(2)3)28-9-8-27-17/h4-5,8-11,13,26H,6-7,12H2,1-3H3,(H2,29,30,31,32). The predicted octanol–water partition coefficient (Wildman–Crippen LogP) is 4.69. The van der Waals surface area contributed by atoms with Gasteiger partial charge in [-0.3, -0.25) is 9.97 Å². The summed E-state index contributed by atoms with van der Waals surface area (Å²) in [6, 6.07) is 8.23. The van der Waals surface area contributed by atoms with Gasteiger partial charge in [0.05, 0.1) is 28.3 Å². The summed E-state index contributed by atoms with van der Waals surface area (Å²) in [6.45, 7) is 6.24. The van der Waals surface area contributed by atoms with Gasteiger partial charge in [-0.2, -0.15) is 4.98 Å². The van der Waals surface area contributed by atoms with Gasteiger partial charge in [-0.05, 0) is 77.6 Å². The highest BCUT2D eigenvalue weighted by atomic mass is 79.9. The van der Waals surface area contributed by atoms with Crippen molar-refractivity contribution in [3.63, 3.8) is 0 Å². The highest BCUT2D eigenvalue weighted by Gasteiger charge is 2.17. The fourth-order valence-corrected chi connectivity index (χ4v) is 5.61. The zero-order chi connectivity index (χ0) is 23.7. The van der Waals surface area contributed by atoms with Crippen LogP contribution < -0.4 is 26.0 Å².